The quantitative estimate of drug-likeness (QED) is 0.240. The molecule has 2 amide bonds. The molecule has 4 rings (SSSR count). The zero-order chi connectivity index (χ0) is 28.4. The second kappa shape index (κ2) is 10.7. The zero-order valence-corrected chi connectivity index (χ0v) is 20.1. The lowest BCUT2D eigenvalue weighted by Crippen LogP contribution is -2.54. The second-order valence-electron chi connectivity index (χ2n) is 9.22. The highest BCUT2D eigenvalue weighted by atomic mass is 19.4. The van der Waals surface area contributed by atoms with E-state index in [0.717, 1.165) is 6.07 Å². The van der Waals surface area contributed by atoms with Crippen LogP contribution in [-0.4, -0.2) is 12.1 Å². The third-order valence-corrected chi connectivity index (χ3v) is 6.46. The van der Waals surface area contributed by atoms with Gasteiger partial charge in [0.2, 0.25) is 0 Å². The smallest absolute Gasteiger partial charge is 0.335 e. The summed E-state index contributed by atoms with van der Waals surface area (Å²) >= 11 is 0. The third kappa shape index (κ3) is 6.40. The maximum atomic E-state index is 14.7. The van der Waals surface area contributed by atoms with Crippen LogP contribution in [0.25, 0.3) is 0 Å². The summed E-state index contributed by atoms with van der Waals surface area (Å²) in [6, 6.07) is 10.0. The fraction of sp³-hybridized carbons (Fsp3) is 0.250. The van der Waals surface area contributed by atoms with Crippen LogP contribution in [-0.2, 0) is 24.3 Å². The molecule has 206 valence electrons. The van der Waals surface area contributed by atoms with Crippen LogP contribution in [0.2, 0.25) is 0 Å². The zero-order valence-electron chi connectivity index (χ0n) is 20.1. The first kappa shape index (κ1) is 28.1. The largest absolute Gasteiger partial charge is 0.419 e. The van der Waals surface area contributed by atoms with Crippen LogP contribution in [0.15, 0.2) is 78.9 Å². The van der Waals surface area contributed by atoms with E-state index < -0.39 is 57.8 Å². The van der Waals surface area contributed by atoms with Crippen molar-refractivity contribution in [2.75, 3.05) is 0 Å². The molecular weight excluding hydrogens is 532 g/mol. The maximum absolute atomic E-state index is 14.7. The van der Waals surface area contributed by atoms with E-state index in [4.69, 9.17) is 0 Å². The molecule has 3 aromatic carbocycles. The van der Waals surface area contributed by atoms with Crippen molar-refractivity contribution in [2.45, 2.75) is 43.2 Å². The van der Waals surface area contributed by atoms with Crippen LogP contribution >= 0.6 is 0 Å². The van der Waals surface area contributed by atoms with Crippen molar-refractivity contribution < 1.29 is 39.9 Å². The molecule has 0 heterocycles. The Morgan fingerprint density at radius 1 is 0.769 bits per heavy atom. The highest BCUT2D eigenvalue weighted by Crippen LogP contribution is 2.41. The van der Waals surface area contributed by atoms with Gasteiger partial charge in [-0.3, -0.25) is 0 Å². The maximum Gasteiger partial charge on any atom is 0.419 e. The molecule has 0 radical (unpaired) electrons. The number of carbonyl (C=O) groups is 1. The van der Waals surface area contributed by atoms with E-state index in [9.17, 15) is 39.9 Å². The van der Waals surface area contributed by atoms with Gasteiger partial charge in [-0.1, -0.05) is 48.6 Å². The molecule has 0 saturated carbocycles. The van der Waals surface area contributed by atoms with Crippen molar-refractivity contribution >= 4 is 6.03 Å². The van der Waals surface area contributed by atoms with Crippen molar-refractivity contribution in [1.82, 2.24) is 10.6 Å². The van der Waals surface area contributed by atoms with E-state index in [1.165, 1.54) is 0 Å². The number of carbonyl (C=O) groups excluding carboxylic acids is 1. The van der Waals surface area contributed by atoms with E-state index in [-0.39, 0.29) is 18.5 Å². The first-order valence-electron chi connectivity index (χ1n) is 11.8. The number of benzene rings is 3. The summed E-state index contributed by atoms with van der Waals surface area (Å²) in [6.45, 7) is 0. The van der Waals surface area contributed by atoms with Gasteiger partial charge in [0.25, 0.3) is 0 Å². The summed E-state index contributed by atoms with van der Waals surface area (Å²) < 4.78 is 111. The number of hydrogen-bond acceptors (Lipinski definition) is 1. The number of nitrogens with one attached hydrogen (secondary N) is 2. The van der Waals surface area contributed by atoms with Gasteiger partial charge >= 0.3 is 18.4 Å². The Morgan fingerprint density at radius 3 is 2.03 bits per heavy atom. The summed E-state index contributed by atoms with van der Waals surface area (Å²) in [5, 5.41) is 5.19. The SMILES string of the molecule is O=C(NC1CC=CC1)NC(Cc1ccccc1)(c1cc(F)cc(C(F)(F)F)c1)c1ccc(F)c(C(F)(F)F)c1. The van der Waals surface area contributed by atoms with Crippen molar-refractivity contribution in [3.63, 3.8) is 0 Å². The van der Waals surface area contributed by atoms with Gasteiger partial charge in [0.15, 0.2) is 0 Å². The minimum absolute atomic E-state index is 0.243. The predicted molar refractivity (Wildman–Crippen MR) is 128 cm³/mol. The molecule has 0 fully saturated rings. The van der Waals surface area contributed by atoms with E-state index in [2.05, 4.69) is 10.6 Å². The molecule has 2 N–H and O–H groups in total. The lowest BCUT2D eigenvalue weighted by molar-refractivity contribution is -0.140. The standard InChI is InChI=1S/C28H22F8N2O/c29-21-13-19(12-20(14-21)27(31,32)33)26(16-17-6-2-1-3-7-17,38-25(39)37-22-8-4-5-9-22)18-10-11-24(30)23(15-18)28(34,35)36/h1-7,10-15,22H,8-9,16H2,(H2,37,38,39). The summed E-state index contributed by atoms with van der Waals surface area (Å²) in [7, 11) is 0. The van der Waals surface area contributed by atoms with Crippen molar-refractivity contribution in [1.29, 1.82) is 0 Å². The van der Waals surface area contributed by atoms with Gasteiger partial charge in [-0.2, -0.15) is 26.3 Å². The number of hydrogen-bond donors (Lipinski definition) is 2. The molecule has 1 aliphatic rings. The molecule has 39 heavy (non-hydrogen) atoms. The van der Waals surface area contributed by atoms with Gasteiger partial charge in [0.05, 0.1) is 16.7 Å². The summed E-state index contributed by atoms with van der Waals surface area (Å²) in [5.74, 6) is -2.94. The molecule has 3 aromatic rings. The van der Waals surface area contributed by atoms with Gasteiger partial charge in [-0.05, 0) is 59.9 Å². The van der Waals surface area contributed by atoms with Gasteiger partial charge in [-0.25, -0.2) is 13.6 Å². The Hall–Kier alpha value is -3.89. The molecule has 0 bridgehead atoms. The summed E-state index contributed by atoms with van der Waals surface area (Å²) in [6.07, 6.45) is -6.01. The lowest BCUT2D eigenvalue weighted by Gasteiger charge is -2.37. The summed E-state index contributed by atoms with van der Waals surface area (Å²) in [5.41, 5.74) is -5.73. The molecule has 0 aliphatic heterocycles. The molecule has 11 heteroatoms. The van der Waals surface area contributed by atoms with Gasteiger partial charge < -0.3 is 10.6 Å². The van der Waals surface area contributed by atoms with Crippen LogP contribution in [0.1, 0.15) is 40.7 Å². The van der Waals surface area contributed by atoms with Gasteiger partial charge in [0.1, 0.15) is 11.6 Å². The van der Waals surface area contributed by atoms with Crippen molar-refractivity contribution in [2.24, 2.45) is 0 Å². The first-order chi connectivity index (χ1) is 18.3. The molecule has 1 atom stereocenters. The van der Waals surface area contributed by atoms with Gasteiger partial charge in [-0.15, -0.1) is 0 Å². The Bertz CT molecular complexity index is 1360. The minimum Gasteiger partial charge on any atom is -0.335 e. The van der Waals surface area contributed by atoms with Gasteiger partial charge in [0, 0.05) is 12.5 Å². The number of alkyl halides is 6. The topological polar surface area (TPSA) is 41.1 Å². The normalized spacial score (nSPS) is 15.7. The fourth-order valence-electron chi connectivity index (χ4n) is 4.62. The molecule has 1 aliphatic carbocycles. The number of amides is 2. The first-order valence-corrected chi connectivity index (χ1v) is 11.8. The molecule has 3 nitrogen and oxygen atoms in total. The Labute approximate surface area is 218 Å². The molecular formula is C28H22F8N2O. The molecule has 0 spiro atoms. The number of halogens is 8. The van der Waals surface area contributed by atoms with Crippen molar-refractivity contribution in [3.8, 4) is 0 Å². The van der Waals surface area contributed by atoms with Crippen LogP contribution in [0.4, 0.5) is 39.9 Å². The van der Waals surface area contributed by atoms with Crippen LogP contribution in [0.5, 0.6) is 0 Å². The van der Waals surface area contributed by atoms with E-state index >= 15 is 0 Å². The van der Waals surface area contributed by atoms with E-state index in [1.807, 2.05) is 0 Å². The Morgan fingerprint density at radius 2 is 1.41 bits per heavy atom. The van der Waals surface area contributed by atoms with Crippen LogP contribution < -0.4 is 10.6 Å². The van der Waals surface area contributed by atoms with Crippen molar-refractivity contribution in [3.05, 3.63) is 118 Å². The number of rotatable bonds is 6. The Kier molecular flexibility index (Phi) is 7.72. The highest BCUT2D eigenvalue weighted by Gasteiger charge is 2.42. The molecule has 1 unspecified atom stereocenters. The van der Waals surface area contributed by atoms with Crippen LogP contribution in [0.3, 0.4) is 0 Å². The lowest BCUT2D eigenvalue weighted by atomic mass is 9.77. The average Bonchev–Trinajstić information content (AvgIpc) is 3.35. The number of urea groups is 1. The van der Waals surface area contributed by atoms with E-state index in [0.29, 0.717) is 42.7 Å². The third-order valence-electron chi connectivity index (χ3n) is 6.46. The Balaban J connectivity index is 1.98. The molecule has 0 saturated heterocycles. The van der Waals surface area contributed by atoms with Crippen LogP contribution in [0, 0.1) is 11.6 Å². The second-order valence-corrected chi connectivity index (χ2v) is 9.22. The fourth-order valence-corrected chi connectivity index (χ4v) is 4.62. The minimum atomic E-state index is -5.16. The average molecular weight is 554 g/mol. The monoisotopic (exact) mass is 554 g/mol. The summed E-state index contributed by atoms with van der Waals surface area (Å²) in [4.78, 5) is 13.2. The highest BCUT2D eigenvalue weighted by molar-refractivity contribution is 5.76. The predicted octanol–water partition coefficient (Wildman–Crippen LogP) is 7.51. The molecule has 0 aromatic heterocycles. The van der Waals surface area contributed by atoms with E-state index in [1.54, 1.807) is 42.5 Å².